The van der Waals surface area contributed by atoms with Gasteiger partial charge >= 0.3 is 0 Å². The molecule has 1 heterocycles. The van der Waals surface area contributed by atoms with Crippen molar-refractivity contribution in [1.82, 2.24) is 9.88 Å². The summed E-state index contributed by atoms with van der Waals surface area (Å²) in [6.45, 7) is 12.0. The summed E-state index contributed by atoms with van der Waals surface area (Å²) in [5.74, 6) is 0.0907. The SMILES string of the molecule is CC[NH+](CC)CCN(CC(=O)Nc1nc(C)c(C)s1)C(=O)C1CCCCC1. The van der Waals surface area contributed by atoms with E-state index in [1.165, 1.54) is 22.7 Å². The molecule has 27 heavy (non-hydrogen) atoms. The number of aromatic nitrogens is 1. The molecule has 2 N–H and O–H groups in total. The number of likely N-dealkylation sites (N-methyl/N-ethyl adjacent to an activating group) is 1. The van der Waals surface area contributed by atoms with Gasteiger partial charge < -0.3 is 15.1 Å². The quantitative estimate of drug-likeness (QED) is 0.672. The molecule has 0 saturated heterocycles. The van der Waals surface area contributed by atoms with E-state index in [-0.39, 0.29) is 24.3 Å². The van der Waals surface area contributed by atoms with Crippen molar-refractivity contribution < 1.29 is 14.5 Å². The largest absolute Gasteiger partial charge is 0.334 e. The monoisotopic (exact) mass is 395 g/mol. The summed E-state index contributed by atoms with van der Waals surface area (Å²) in [4.78, 5) is 34.3. The third kappa shape index (κ3) is 6.57. The first kappa shape index (κ1) is 21.8. The summed E-state index contributed by atoms with van der Waals surface area (Å²) in [5.41, 5.74) is 0.940. The first-order valence-electron chi connectivity index (χ1n) is 10.3. The van der Waals surface area contributed by atoms with Crippen LogP contribution in [-0.2, 0) is 9.59 Å². The highest BCUT2D eigenvalue weighted by Gasteiger charge is 2.28. The van der Waals surface area contributed by atoms with Gasteiger partial charge in [0, 0.05) is 10.8 Å². The lowest BCUT2D eigenvalue weighted by Gasteiger charge is -2.29. The van der Waals surface area contributed by atoms with E-state index >= 15 is 0 Å². The van der Waals surface area contributed by atoms with E-state index in [0.29, 0.717) is 11.7 Å². The fraction of sp³-hybridized carbons (Fsp3) is 0.750. The van der Waals surface area contributed by atoms with E-state index in [0.717, 1.165) is 55.9 Å². The Morgan fingerprint density at radius 3 is 2.41 bits per heavy atom. The number of carbonyl (C=O) groups excluding carboxylic acids is 2. The van der Waals surface area contributed by atoms with E-state index < -0.39 is 0 Å². The lowest BCUT2D eigenvalue weighted by molar-refractivity contribution is -0.895. The number of nitrogens with one attached hydrogen (secondary N) is 2. The average molecular weight is 396 g/mol. The molecular formula is C20H35N4O2S+. The third-order valence-electron chi connectivity index (χ3n) is 5.61. The Morgan fingerprint density at radius 1 is 1.19 bits per heavy atom. The molecule has 2 amide bonds. The van der Waals surface area contributed by atoms with Gasteiger partial charge in [-0.2, -0.15) is 0 Å². The molecule has 7 heteroatoms. The molecule has 0 spiro atoms. The normalized spacial score (nSPS) is 15.1. The molecule has 1 aliphatic rings. The molecule has 1 saturated carbocycles. The zero-order valence-electron chi connectivity index (χ0n) is 17.3. The number of quaternary nitrogens is 1. The van der Waals surface area contributed by atoms with E-state index in [1.807, 2.05) is 13.8 Å². The van der Waals surface area contributed by atoms with Crippen molar-refractivity contribution in [2.24, 2.45) is 5.92 Å². The number of rotatable bonds is 9. The maximum atomic E-state index is 13.1. The van der Waals surface area contributed by atoms with Crippen LogP contribution in [0.25, 0.3) is 0 Å². The van der Waals surface area contributed by atoms with E-state index in [4.69, 9.17) is 0 Å². The van der Waals surface area contributed by atoms with Crippen LogP contribution in [0.3, 0.4) is 0 Å². The van der Waals surface area contributed by atoms with E-state index in [2.05, 4.69) is 24.1 Å². The summed E-state index contributed by atoms with van der Waals surface area (Å²) in [6, 6.07) is 0. The van der Waals surface area contributed by atoms with Gasteiger partial charge in [0.15, 0.2) is 5.13 Å². The predicted molar refractivity (Wildman–Crippen MR) is 110 cm³/mol. The van der Waals surface area contributed by atoms with Crippen LogP contribution >= 0.6 is 11.3 Å². The Kier molecular flexibility index (Phi) is 8.70. The molecule has 0 radical (unpaired) electrons. The summed E-state index contributed by atoms with van der Waals surface area (Å²) in [7, 11) is 0. The molecule has 0 aromatic carbocycles. The van der Waals surface area contributed by atoms with Crippen LogP contribution < -0.4 is 10.2 Å². The fourth-order valence-corrected chi connectivity index (χ4v) is 4.46. The minimum atomic E-state index is -0.151. The van der Waals surface area contributed by atoms with Crippen molar-refractivity contribution in [3.63, 3.8) is 0 Å². The van der Waals surface area contributed by atoms with Gasteiger partial charge in [0.2, 0.25) is 11.8 Å². The van der Waals surface area contributed by atoms with Crippen molar-refractivity contribution in [3.05, 3.63) is 10.6 Å². The Balaban J connectivity index is 2.00. The first-order chi connectivity index (χ1) is 12.9. The van der Waals surface area contributed by atoms with Crippen LogP contribution in [0.5, 0.6) is 0 Å². The van der Waals surface area contributed by atoms with E-state index in [9.17, 15) is 9.59 Å². The zero-order chi connectivity index (χ0) is 19.8. The van der Waals surface area contributed by atoms with Gasteiger partial charge in [0.25, 0.3) is 0 Å². The maximum absolute atomic E-state index is 13.1. The summed E-state index contributed by atoms with van der Waals surface area (Å²) in [6.07, 6.45) is 5.38. The molecular weight excluding hydrogens is 360 g/mol. The minimum Gasteiger partial charge on any atom is -0.334 e. The Labute approximate surface area is 167 Å². The average Bonchev–Trinajstić information content (AvgIpc) is 2.98. The van der Waals surface area contributed by atoms with Gasteiger partial charge in [0.05, 0.1) is 31.9 Å². The third-order valence-corrected chi connectivity index (χ3v) is 6.60. The number of aryl methyl sites for hydroxylation is 2. The van der Waals surface area contributed by atoms with Crippen molar-refractivity contribution in [2.75, 3.05) is 38.0 Å². The minimum absolute atomic E-state index is 0.0857. The molecule has 1 fully saturated rings. The standard InChI is InChI=1S/C20H34N4O2S/c1-5-23(6-2)12-13-24(19(26)17-10-8-7-9-11-17)14-18(25)22-20-21-15(3)16(4)27-20/h17H,5-14H2,1-4H3,(H,21,22,25)/p+1. The van der Waals surface area contributed by atoms with Gasteiger partial charge in [-0.3, -0.25) is 9.59 Å². The molecule has 0 atom stereocenters. The molecule has 6 nitrogen and oxygen atoms in total. The highest BCUT2D eigenvalue weighted by atomic mass is 32.1. The zero-order valence-corrected chi connectivity index (χ0v) is 18.1. The van der Waals surface area contributed by atoms with E-state index in [1.54, 1.807) is 4.90 Å². The Bertz CT molecular complexity index is 602. The van der Waals surface area contributed by atoms with Crippen LogP contribution in [0, 0.1) is 19.8 Å². The summed E-state index contributed by atoms with van der Waals surface area (Å²) >= 11 is 1.48. The Hall–Kier alpha value is -1.47. The topological polar surface area (TPSA) is 66.7 Å². The van der Waals surface area contributed by atoms with Crippen molar-refractivity contribution in [3.8, 4) is 0 Å². The second-order valence-corrected chi connectivity index (χ2v) is 8.71. The second kappa shape index (κ2) is 10.8. The molecule has 152 valence electrons. The van der Waals surface area contributed by atoms with Crippen LogP contribution in [0.1, 0.15) is 56.5 Å². The van der Waals surface area contributed by atoms with Crippen LogP contribution in [0.4, 0.5) is 5.13 Å². The predicted octanol–water partition coefficient (Wildman–Crippen LogP) is 2.03. The van der Waals surface area contributed by atoms with Crippen molar-refractivity contribution >= 4 is 28.3 Å². The van der Waals surface area contributed by atoms with Gasteiger partial charge in [-0.1, -0.05) is 19.3 Å². The summed E-state index contributed by atoms with van der Waals surface area (Å²) in [5, 5.41) is 3.50. The summed E-state index contributed by atoms with van der Waals surface area (Å²) < 4.78 is 0. The molecule has 1 aromatic heterocycles. The Morgan fingerprint density at radius 2 is 1.85 bits per heavy atom. The van der Waals surface area contributed by atoms with Crippen LogP contribution in [0.2, 0.25) is 0 Å². The number of hydrogen-bond donors (Lipinski definition) is 2. The lowest BCUT2D eigenvalue weighted by atomic mass is 9.88. The number of hydrogen-bond acceptors (Lipinski definition) is 4. The lowest BCUT2D eigenvalue weighted by Crippen LogP contribution is -3.12. The molecule has 0 unspecified atom stereocenters. The van der Waals surface area contributed by atoms with Gasteiger partial charge in [-0.15, -0.1) is 11.3 Å². The van der Waals surface area contributed by atoms with Crippen molar-refractivity contribution in [1.29, 1.82) is 0 Å². The number of carbonyl (C=O) groups is 2. The highest BCUT2D eigenvalue weighted by Crippen LogP contribution is 2.25. The number of thiazole rings is 1. The molecule has 0 aliphatic heterocycles. The smallest absolute Gasteiger partial charge is 0.245 e. The molecule has 1 aromatic rings. The molecule has 2 rings (SSSR count). The number of nitrogens with zero attached hydrogens (tertiary/aromatic N) is 2. The maximum Gasteiger partial charge on any atom is 0.245 e. The van der Waals surface area contributed by atoms with Crippen LogP contribution in [0.15, 0.2) is 0 Å². The highest BCUT2D eigenvalue weighted by molar-refractivity contribution is 7.15. The van der Waals surface area contributed by atoms with Crippen molar-refractivity contribution in [2.45, 2.75) is 59.8 Å². The van der Waals surface area contributed by atoms with Gasteiger partial charge in [-0.25, -0.2) is 4.98 Å². The van der Waals surface area contributed by atoms with Gasteiger partial charge in [-0.05, 0) is 40.5 Å². The second-order valence-electron chi connectivity index (χ2n) is 7.51. The number of amides is 2. The molecule has 0 bridgehead atoms. The number of anilines is 1. The first-order valence-corrected chi connectivity index (χ1v) is 11.1. The van der Waals surface area contributed by atoms with Gasteiger partial charge in [0.1, 0.15) is 6.54 Å². The molecule has 1 aliphatic carbocycles. The van der Waals surface area contributed by atoms with Crippen LogP contribution in [-0.4, -0.2) is 54.4 Å². The fourth-order valence-electron chi connectivity index (χ4n) is 3.63.